The van der Waals surface area contributed by atoms with Gasteiger partial charge in [-0.05, 0) is 36.2 Å². The number of aliphatic hydroxyl groups is 1. The van der Waals surface area contributed by atoms with Crippen molar-refractivity contribution in [1.82, 2.24) is 4.57 Å². The van der Waals surface area contributed by atoms with E-state index in [1.54, 1.807) is 12.1 Å². The number of anilines is 1. The smallest absolute Gasteiger partial charge is 0.272 e. The minimum Gasteiger partial charge on any atom is -0.392 e. The zero-order valence-corrected chi connectivity index (χ0v) is 11.0. The van der Waals surface area contributed by atoms with E-state index in [1.807, 2.05) is 35.0 Å². The maximum Gasteiger partial charge on any atom is 0.272 e. The third kappa shape index (κ3) is 3.23. The first-order valence-corrected chi connectivity index (χ1v) is 6.41. The Morgan fingerprint density at radius 3 is 2.89 bits per heavy atom. The van der Waals surface area contributed by atoms with Gasteiger partial charge in [0.25, 0.3) is 5.91 Å². The van der Waals surface area contributed by atoms with Crippen molar-refractivity contribution >= 4 is 11.6 Å². The molecule has 1 amide bonds. The van der Waals surface area contributed by atoms with Gasteiger partial charge in [0.1, 0.15) is 5.69 Å². The summed E-state index contributed by atoms with van der Waals surface area (Å²) in [5.74, 6) is -0.131. The minimum atomic E-state index is -0.131. The first-order chi connectivity index (χ1) is 9.24. The Morgan fingerprint density at radius 2 is 2.16 bits per heavy atom. The number of carbonyl (C=O) groups is 1. The maximum atomic E-state index is 12.2. The van der Waals surface area contributed by atoms with Crippen LogP contribution in [0.2, 0.25) is 0 Å². The van der Waals surface area contributed by atoms with E-state index in [-0.39, 0.29) is 12.5 Å². The molecule has 0 saturated heterocycles. The summed E-state index contributed by atoms with van der Waals surface area (Å²) in [6.07, 6.45) is 2.89. The Labute approximate surface area is 112 Å². The summed E-state index contributed by atoms with van der Waals surface area (Å²) in [6.45, 7) is 2.87. The second-order valence-corrected chi connectivity index (χ2v) is 4.40. The van der Waals surface area contributed by atoms with Crippen molar-refractivity contribution in [2.24, 2.45) is 0 Å². The normalized spacial score (nSPS) is 10.4. The number of nitrogens with one attached hydrogen (secondary N) is 1. The zero-order chi connectivity index (χ0) is 13.7. The number of nitrogens with zero attached hydrogens (tertiary/aromatic N) is 1. The molecular weight excluding hydrogens is 240 g/mol. The molecule has 2 rings (SSSR count). The highest BCUT2D eigenvalue weighted by atomic mass is 16.3. The van der Waals surface area contributed by atoms with Crippen LogP contribution in [0.25, 0.3) is 0 Å². The molecule has 0 saturated carbocycles. The molecule has 4 heteroatoms. The molecule has 0 radical (unpaired) electrons. The number of hydrogen-bond donors (Lipinski definition) is 2. The topological polar surface area (TPSA) is 54.3 Å². The van der Waals surface area contributed by atoms with Gasteiger partial charge in [0.05, 0.1) is 6.61 Å². The fourth-order valence-corrected chi connectivity index (χ4v) is 2.00. The molecular formula is C15H18N2O2. The fraction of sp³-hybridized carbons (Fsp3) is 0.267. The summed E-state index contributed by atoms with van der Waals surface area (Å²) in [5, 5.41) is 11.9. The van der Waals surface area contributed by atoms with Gasteiger partial charge in [-0.25, -0.2) is 0 Å². The third-order valence-corrected chi connectivity index (χ3v) is 2.89. The van der Waals surface area contributed by atoms with Crippen LogP contribution in [0.5, 0.6) is 0 Å². The van der Waals surface area contributed by atoms with Gasteiger partial charge in [-0.3, -0.25) is 4.79 Å². The van der Waals surface area contributed by atoms with Crippen molar-refractivity contribution in [3.05, 3.63) is 53.9 Å². The molecule has 100 valence electrons. The maximum absolute atomic E-state index is 12.2. The van der Waals surface area contributed by atoms with Gasteiger partial charge in [0.15, 0.2) is 0 Å². The third-order valence-electron chi connectivity index (χ3n) is 2.89. The van der Waals surface area contributed by atoms with E-state index in [0.29, 0.717) is 11.4 Å². The van der Waals surface area contributed by atoms with Gasteiger partial charge in [0, 0.05) is 18.4 Å². The van der Waals surface area contributed by atoms with Crippen LogP contribution in [0.4, 0.5) is 5.69 Å². The molecule has 2 N–H and O–H groups in total. The van der Waals surface area contributed by atoms with Gasteiger partial charge < -0.3 is 15.0 Å². The molecule has 0 aliphatic carbocycles. The fourth-order valence-electron chi connectivity index (χ4n) is 2.00. The van der Waals surface area contributed by atoms with Gasteiger partial charge in [-0.15, -0.1) is 0 Å². The van der Waals surface area contributed by atoms with E-state index in [2.05, 4.69) is 12.2 Å². The Morgan fingerprint density at radius 1 is 1.32 bits per heavy atom. The molecule has 2 aromatic rings. The number of hydrogen-bond acceptors (Lipinski definition) is 2. The summed E-state index contributed by atoms with van der Waals surface area (Å²) in [7, 11) is 0. The van der Waals surface area contributed by atoms with Crippen LogP contribution < -0.4 is 5.32 Å². The molecule has 0 bridgehead atoms. The zero-order valence-electron chi connectivity index (χ0n) is 11.0. The van der Waals surface area contributed by atoms with Crippen molar-refractivity contribution in [2.75, 3.05) is 5.32 Å². The molecule has 0 fully saturated rings. The number of amides is 1. The standard InChI is InChI=1S/C15H18N2O2/c1-2-8-17-9-4-7-14(17)15(19)16-13-6-3-5-12(10-13)11-18/h3-7,9-10,18H,2,8,11H2,1H3,(H,16,19). The lowest BCUT2D eigenvalue weighted by Crippen LogP contribution is -2.16. The van der Waals surface area contributed by atoms with E-state index in [1.165, 1.54) is 0 Å². The van der Waals surface area contributed by atoms with E-state index < -0.39 is 0 Å². The monoisotopic (exact) mass is 258 g/mol. The highest BCUT2D eigenvalue weighted by Crippen LogP contribution is 2.13. The van der Waals surface area contributed by atoms with Gasteiger partial charge in [0.2, 0.25) is 0 Å². The van der Waals surface area contributed by atoms with Crippen molar-refractivity contribution in [1.29, 1.82) is 0 Å². The highest BCUT2D eigenvalue weighted by molar-refractivity contribution is 6.03. The first kappa shape index (κ1) is 13.4. The Bertz CT molecular complexity index is 561. The molecule has 0 atom stereocenters. The van der Waals surface area contributed by atoms with E-state index >= 15 is 0 Å². The molecule has 4 nitrogen and oxygen atoms in total. The Hall–Kier alpha value is -2.07. The van der Waals surface area contributed by atoms with E-state index in [4.69, 9.17) is 5.11 Å². The van der Waals surface area contributed by atoms with Crippen LogP contribution in [-0.4, -0.2) is 15.6 Å². The average Bonchev–Trinajstić information content (AvgIpc) is 2.88. The van der Waals surface area contributed by atoms with Crippen LogP contribution in [0, 0.1) is 0 Å². The number of aryl methyl sites for hydroxylation is 1. The molecule has 0 aliphatic rings. The minimum absolute atomic E-state index is 0.0318. The number of carbonyl (C=O) groups excluding carboxylic acids is 1. The second-order valence-electron chi connectivity index (χ2n) is 4.40. The van der Waals surface area contributed by atoms with Crippen LogP contribution in [0.15, 0.2) is 42.6 Å². The average molecular weight is 258 g/mol. The number of rotatable bonds is 5. The van der Waals surface area contributed by atoms with Crippen molar-refractivity contribution < 1.29 is 9.90 Å². The van der Waals surface area contributed by atoms with Gasteiger partial charge >= 0.3 is 0 Å². The number of aromatic nitrogens is 1. The largest absolute Gasteiger partial charge is 0.392 e. The van der Waals surface area contributed by atoms with Gasteiger partial charge in [-0.1, -0.05) is 19.1 Å². The molecule has 0 unspecified atom stereocenters. The molecule has 0 spiro atoms. The summed E-state index contributed by atoms with van der Waals surface area (Å²) in [5.41, 5.74) is 2.12. The lowest BCUT2D eigenvalue weighted by molar-refractivity contribution is 0.101. The molecule has 1 heterocycles. The second kappa shape index (κ2) is 6.20. The van der Waals surface area contributed by atoms with Crippen LogP contribution in [0.1, 0.15) is 29.4 Å². The Kier molecular flexibility index (Phi) is 4.36. The predicted octanol–water partition coefficient (Wildman–Crippen LogP) is 2.64. The van der Waals surface area contributed by atoms with E-state index in [0.717, 1.165) is 18.5 Å². The van der Waals surface area contributed by atoms with Crippen LogP contribution >= 0.6 is 0 Å². The first-order valence-electron chi connectivity index (χ1n) is 6.41. The summed E-state index contributed by atoms with van der Waals surface area (Å²) in [4.78, 5) is 12.2. The van der Waals surface area contributed by atoms with Crippen LogP contribution in [-0.2, 0) is 13.2 Å². The molecule has 0 aliphatic heterocycles. The predicted molar refractivity (Wildman–Crippen MR) is 75.0 cm³/mol. The summed E-state index contributed by atoms with van der Waals surface area (Å²) >= 11 is 0. The van der Waals surface area contributed by atoms with E-state index in [9.17, 15) is 4.79 Å². The molecule has 1 aromatic heterocycles. The van der Waals surface area contributed by atoms with Crippen molar-refractivity contribution in [2.45, 2.75) is 26.5 Å². The number of aliphatic hydroxyl groups excluding tert-OH is 1. The van der Waals surface area contributed by atoms with Crippen LogP contribution in [0.3, 0.4) is 0 Å². The van der Waals surface area contributed by atoms with Gasteiger partial charge in [-0.2, -0.15) is 0 Å². The van der Waals surface area contributed by atoms with Crippen molar-refractivity contribution in [3.8, 4) is 0 Å². The summed E-state index contributed by atoms with van der Waals surface area (Å²) in [6, 6.07) is 10.9. The lowest BCUT2D eigenvalue weighted by atomic mass is 10.2. The van der Waals surface area contributed by atoms with Crippen molar-refractivity contribution in [3.63, 3.8) is 0 Å². The Balaban J connectivity index is 2.13. The molecule has 1 aromatic carbocycles. The quantitative estimate of drug-likeness (QED) is 0.866. The summed E-state index contributed by atoms with van der Waals surface area (Å²) < 4.78 is 1.94. The SMILES string of the molecule is CCCn1cccc1C(=O)Nc1cccc(CO)c1. The lowest BCUT2D eigenvalue weighted by Gasteiger charge is -2.09. The highest BCUT2D eigenvalue weighted by Gasteiger charge is 2.10. The number of benzene rings is 1. The molecule has 19 heavy (non-hydrogen) atoms.